The normalized spacial score (nSPS) is 21.3. The average molecular weight is 287 g/mol. The summed E-state index contributed by atoms with van der Waals surface area (Å²) in [6, 6.07) is 10.3. The molecule has 1 aromatic carbocycles. The van der Waals surface area contributed by atoms with Crippen LogP contribution in [-0.4, -0.2) is 17.0 Å². The van der Waals surface area contributed by atoms with E-state index in [-0.39, 0.29) is 5.41 Å². The highest BCUT2D eigenvalue weighted by atomic mass is 32.2. The van der Waals surface area contributed by atoms with Crippen molar-refractivity contribution in [2.24, 2.45) is 10.4 Å². The molecule has 0 aliphatic carbocycles. The first-order chi connectivity index (χ1) is 9.49. The quantitative estimate of drug-likeness (QED) is 0.905. The van der Waals surface area contributed by atoms with E-state index in [1.165, 1.54) is 6.42 Å². The molecular weight excluding hydrogens is 266 g/mol. The number of benzene rings is 1. The van der Waals surface area contributed by atoms with Crippen molar-refractivity contribution in [3.63, 3.8) is 0 Å². The lowest BCUT2D eigenvalue weighted by atomic mass is 9.85. The van der Waals surface area contributed by atoms with Crippen LogP contribution in [0.5, 0.6) is 0 Å². The van der Waals surface area contributed by atoms with E-state index in [1.54, 1.807) is 11.8 Å². The first-order valence-corrected chi connectivity index (χ1v) is 7.90. The summed E-state index contributed by atoms with van der Waals surface area (Å²) in [6.07, 6.45) is 1.18. The van der Waals surface area contributed by atoms with Crippen molar-refractivity contribution in [2.45, 2.75) is 39.8 Å². The molecule has 1 aromatic rings. The highest BCUT2D eigenvalue weighted by molar-refractivity contribution is 8.13. The maximum atomic E-state index is 8.90. The van der Waals surface area contributed by atoms with E-state index in [1.807, 2.05) is 24.3 Å². The van der Waals surface area contributed by atoms with Gasteiger partial charge in [-0.25, -0.2) is 0 Å². The van der Waals surface area contributed by atoms with Gasteiger partial charge in [0.25, 0.3) is 0 Å². The van der Waals surface area contributed by atoms with Crippen LogP contribution < -0.4 is 5.32 Å². The van der Waals surface area contributed by atoms with Crippen molar-refractivity contribution in [3.05, 3.63) is 35.4 Å². The van der Waals surface area contributed by atoms with Crippen molar-refractivity contribution in [1.82, 2.24) is 5.32 Å². The van der Waals surface area contributed by atoms with Gasteiger partial charge in [-0.15, -0.1) is 0 Å². The Hall–Kier alpha value is -1.47. The summed E-state index contributed by atoms with van der Waals surface area (Å²) in [5.41, 5.74) is 2.03. The van der Waals surface area contributed by atoms with Crippen molar-refractivity contribution in [3.8, 4) is 6.07 Å². The van der Waals surface area contributed by atoms with Gasteiger partial charge in [0.05, 0.1) is 18.2 Å². The number of nitrogens with one attached hydrogen (secondary N) is 1. The second-order valence-corrected chi connectivity index (χ2v) is 7.22. The van der Waals surface area contributed by atoms with Gasteiger partial charge in [0, 0.05) is 11.8 Å². The van der Waals surface area contributed by atoms with Gasteiger partial charge in [-0.05, 0) is 29.5 Å². The Labute approximate surface area is 125 Å². The highest BCUT2D eigenvalue weighted by Gasteiger charge is 2.28. The van der Waals surface area contributed by atoms with Crippen LogP contribution >= 0.6 is 11.8 Å². The average Bonchev–Trinajstić information content (AvgIpc) is 2.45. The number of hydrogen-bond acceptors (Lipinski definition) is 3. The number of nitrogens with zero attached hydrogens (tertiary/aromatic N) is 2. The molecule has 3 nitrogen and oxygen atoms in total. The van der Waals surface area contributed by atoms with Crippen LogP contribution in [0.15, 0.2) is 29.3 Å². The summed E-state index contributed by atoms with van der Waals surface area (Å²) in [6.45, 7) is 7.40. The molecule has 1 aliphatic heterocycles. The van der Waals surface area contributed by atoms with Crippen molar-refractivity contribution < 1.29 is 0 Å². The summed E-state index contributed by atoms with van der Waals surface area (Å²) in [4.78, 5) is 4.65. The molecule has 1 aliphatic rings. The van der Waals surface area contributed by atoms with E-state index in [0.29, 0.717) is 18.2 Å². The summed E-state index contributed by atoms with van der Waals surface area (Å²) in [5.74, 6) is 1.12. The third-order valence-electron chi connectivity index (χ3n) is 3.45. The summed E-state index contributed by atoms with van der Waals surface area (Å²) in [7, 11) is 0. The van der Waals surface area contributed by atoms with Crippen LogP contribution in [0.25, 0.3) is 0 Å². The lowest BCUT2D eigenvalue weighted by Gasteiger charge is -2.35. The van der Waals surface area contributed by atoms with E-state index in [9.17, 15) is 0 Å². The summed E-state index contributed by atoms with van der Waals surface area (Å²) >= 11 is 1.79. The Kier molecular flexibility index (Phi) is 4.72. The van der Waals surface area contributed by atoms with Gasteiger partial charge in [-0.1, -0.05) is 44.7 Å². The zero-order valence-electron chi connectivity index (χ0n) is 12.3. The van der Waals surface area contributed by atoms with E-state index in [2.05, 4.69) is 37.1 Å². The minimum absolute atomic E-state index is 0.252. The van der Waals surface area contributed by atoms with Crippen LogP contribution in [0.3, 0.4) is 0 Å². The van der Waals surface area contributed by atoms with E-state index in [4.69, 9.17) is 5.26 Å². The molecule has 4 heteroatoms. The Morgan fingerprint density at radius 3 is 2.95 bits per heavy atom. The molecule has 1 N–H and O–H groups in total. The molecule has 0 saturated carbocycles. The second-order valence-electron chi connectivity index (χ2n) is 6.13. The lowest BCUT2D eigenvalue weighted by molar-refractivity contribution is 0.290. The monoisotopic (exact) mass is 287 g/mol. The Bertz CT molecular complexity index is 537. The van der Waals surface area contributed by atoms with Gasteiger partial charge in [0.15, 0.2) is 5.17 Å². The smallest absolute Gasteiger partial charge is 0.157 e. The molecular formula is C16H21N3S. The molecule has 0 amide bonds. The van der Waals surface area contributed by atoms with Gasteiger partial charge < -0.3 is 5.32 Å². The van der Waals surface area contributed by atoms with Crippen LogP contribution in [0.1, 0.15) is 38.3 Å². The number of rotatable bonds is 2. The fourth-order valence-electron chi connectivity index (χ4n) is 2.18. The minimum Gasteiger partial charge on any atom is -0.362 e. The van der Waals surface area contributed by atoms with Crippen LogP contribution in [0.4, 0.5) is 0 Å². The zero-order valence-corrected chi connectivity index (χ0v) is 13.1. The maximum Gasteiger partial charge on any atom is 0.157 e. The Morgan fingerprint density at radius 1 is 1.45 bits per heavy atom. The topological polar surface area (TPSA) is 48.2 Å². The number of thioether (sulfide) groups is 1. The van der Waals surface area contributed by atoms with Gasteiger partial charge in [0.2, 0.25) is 0 Å². The van der Waals surface area contributed by atoms with Gasteiger partial charge in [0.1, 0.15) is 0 Å². The Balaban J connectivity index is 2.02. The third kappa shape index (κ3) is 4.01. The first-order valence-electron chi connectivity index (χ1n) is 6.92. The predicted molar refractivity (Wildman–Crippen MR) is 85.7 cm³/mol. The lowest BCUT2D eigenvalue weighted by Crippen LogP contribution is -2.46. The van der Waals surface area contributed by atoms with Crippen molar-refractivity contribution in [1.29, 1.82) is 5.26 Å². The van der Waals surface area contributed by atoms with Crippen molar-refractivity contribution in [2.75, 3.05) is 5.75 Å². The summed E-state index contributed by atoms with van der Waals surface area (Å²) in [5, 5.41) is 13.5. The van der Waals surface area contributed by atoms with E-state index < -0.39 is 0 Å². The highest BCUT2D eigenvalue weighted by Crippen LogP contribution is 2.27. The number of hydrogen-bond donors (Lipinski definition) is 1. The summed E-state index contributed by atoms with van der Waals surface area (Å²) < 4.78 is 0. The molecule has 1 atom stereocenters. The maximum absolute atomic E-state index is 8.90. The molecule has 1 heterocycles. The largest absolute Gasteiger partial charge is 0.362 e. The number of amidine groups is 1. The van der Waals surface area contributed by atoms with Crippen molar-refractivity contribution >= 4 is 16.9 Å². The molecule has 1 unspecified atom stereocenters. The molecule has 20 heavy (non-hydrogen) atoms. The SMILES string of the molecule is CC(C)(C)C1CCSC(=NCc2cccc(C#N)c2)N1. The molecule has 0 radical (unpaired) electrons. The van der Waals surface area contributed by atoms with Gasteiger partial charge in [-0.3, -0.25) is 4.99 Å². The number of aliphatic imine (C=N–C) groups is 1. The van der Waals surface area contributed by atoms with Crippen LogP contribution in [0, 0.1) is 16.7 Å². The Morgan fingerprint density at radius 2 is 2.25 bits per heavy atom. The third-order valence-corrected chi connectivity index (χ3v) is 4.41. The molecule has 0 bridgehead atoms. The molecule has 1 saturated heterocycles. The standard InChI is InChI=1S/C16H21N3S/c1-16(2,3)14-7-8-20-15(19-14)18-11-13-6-4-5-12(9-13)10-17/h4-6,9,14H,7-8,11H2,1-3H3,(H,18,19). The van der Waals surface area contributed by atoms with E-state index >= 15 is 0 Å². The number of nitriles is 1. The fraction of sp³-hybridized carbons (Fsp3) is 0.500. The van der Waals surface area contributed by atoms with E-state index in [0.717, 1.165) is 16.5 Å². The molecule has 2 rings (SSSR count). The van der Waals surface area contributed by atoms with Gasteiger partial charge >= 0.3 is 0 Å². The molecule has 0 spiro atoms. The zero-order chi connectivity index (χ0) is 14.6. The molecule has 106 valence electrons. The second kappa shape index (κ2) is 6.32. The fourth-order valence-corrected chi connectivity index (χ4v) is 3.11. The minimum atomic E-state index is 0.252. The van der Waals surface area contributed by atoms with Crippen LogP contribution in [0.2, 0.25) is 0 Å². The first kappa shape index (κ1) is 14.9. The molecule has 1 fully saturated rings. The van der Waals surface area contributed by atoms with Gasteiger partial charge in [-0.2, -0.15) is 5.26 Å². The van der Waals surface area contributed by atoms with Crippen LogP contribution in [-0.2, 0) is 6.54 Å². The molecule has 0 aromatic heterocycles. The predicted octanol–water partition coefficient (Wildman–Crippen LogP) is 3.56.